The summed E-state index contributed by atoms with van der Waals surface area (Å²) in [5.74, 6) is -4.23. The summed E-state index contributed by atoms with van der Waals surface area (Å²) in [5.41, 5.74) is -1.82. The molecule has 2 rings (SSSR count). The highest BCUT2D eigenvalue weighted by atomic mass is 19.4. The fourth-order valence-corrected chi connectivity index (χ4v) is 1.60. The number of halogens is 5. The lowest BCUT2D eigenvalue weighted by atomic mass is 10.2. The Morgan fingerprint density at radius 1 is 1.00 bits per heavy atom. The van der Waals surface area contributed by atoms with E-state index in [2.05, 4.69) is 4.74 Å². The molecule has 0 N–H and O–H groups in total. The number of hydrogen-bond donors (Lipinski definition) is 0. The van der Waals surface area contributed by atoms with Gasteiger partial charge in [-0.2, -0.15) is 13.2 Å². The molecule has 0 fully saturated rings. The molecular formula is C14H7F5O2. The van der Waals surface area contributed by atoms with Crippen LogP contribution in [-0.4, -0.2) is 5.97 Å². The number of ether oxygens (including phenoxy) is 1. The molecule has 0 atom stereocenters. The summed E-state index contributed by atoms with van der Waals surface area (Å²) in [5, 5.41) is 0. The zero-order valence-electron chi connectivity index (χ0n) is 10.2. The molecule has 0 aromatic heterocycles. The summed E-state index contributed by atoms with van der Waals surface area (Å²) in [6.45, 7) is 0. The molecule has 0 heterocycles. The van der Waals surface area contributed by atoms with Crippen molar-refractivity contribution < 1.29 is 31.5 Å². The van der Waals surface area contributed by atoms with Gasteiger partial charge in [-0.15, -0.1) is 0 Å². The molecule has 110 valence electrons. The molecular weight excluding hydrogens is 295 g/mol. The molecule has 0 radical (unpaired) electrons. The summed E-state index contributed by atoms with van der Waals surface area (Å²) in [7, 11) is 0. The number of carbonyl (C=O) groups is 1. The molecule has 0 bridgehead atoms. The van der Waals surface area contributed by atoms with Crippen molar-refractivity contribution in [2.75, 3.05) is 0 Å². The predicted octanol–water partition coefficient (Wildman–Crippen LogP) is 4.20. The third-order valence-electron chi connectivity index (χ3n) is 2.55. The first-order valence-corrected chi connectivity index (χ1v) is 5.62. The largest absolute Gasteiger partial charge is 0.422 e. The Morgan fingerprint density at radius 2 is 1.67 bits per heavy atom. The normalized spacial score (nSPS) is 11.3. The maximum atomic E-state index is 13.4. The zero-order valence-corrected chi connectivity index (χ0v) is 10.2. The Labute approximate surface area is 115 Å². The van der Waals surface area contributed by atoms with Gasteiger partial charge in [0.15, 0.2) is 0 Å². The number of para-hydroxylation sites is 1. The van der Waals surface area contributed by atoms with Crippen molar-refractivity contribution in [2.45, 2.75) is 6.18 Å². The molecule has 21 heavy (non-hydrogen) atoms. The predicted molar refractivity (Wildman–Crippen MR) is 62.8 cm³/mol. The average molecular weight is 302 g/mol. The van der Waals surface area contributed by atoms with Gasteiger partial charge in [0.05, 0.1) is 11.1 Å². The number of carbonyl (C=O) groups excluding carboxylic acids is 1. The molecule has 0 amide bonds. The lowest BCUT2D eigenvalue weighted by Crippen LogP contribution is -2.15. The van der Waals surface area contributed by atoms with Gasteiger partial charge in [-0.1, -0.05) is 12.1 Å². The Balaban J connectivity index is 2.32. The molecule has 0 aliphatic rings. The second-order valence-corrected chi connectivity index (χ2v) is 4.01. The Hall–Kier alpha value is -2.44. The van der Waals surface area contributed by atoms with Gasteiger partial charge in [0.25, 0.3) is 0 Å². The fraction of sp³-hybridized carbons (Fsp3) is 0.0714. The molecule has 0 aliphatic heterocycles. The van der Waals surface area contributed by atoms with E-state index in [4.69, 9.17) is 0 Å². The van der Waals surface area contributed by atoms with Gasteiger partial charge in [0, 0.05) is 6.07 Å². The first kappa shape index (κ1) is 15.0. The van der Waals surface area contributed by atoms with Crippen LogP contribution in [0.2, 0.25) is 0 Å². The molecule has 0 aliphatic carbocycles. The van der Waals surface area contributed by atoms with Gasteiger partial charge in [0.1, 0.15) is 17.4 Å². The summed E-state index contributed by atoms with van der Waals surface area (Å²) < 4.78 is 68.8. The standard InChI is InChI=1S/C14H7F5O2/c15-8-5-6-9(11(16)7-8)13(20)21-12-4-2-1-3-10(12)14(17,18)19/h1-7H. The molecule has 0 saturated carbocycles. The van der Waals surface area contributed by atoms with E-state index in [-0.39, 0.29) is 0 Å². The van der Waals surface area contributed by atoms with Crippen LogP contribution in [0.3, 0.4) is 0 Å². The van der Waals surface area contributed by atoms with Gasteiger partial charge in [-0.05, 0) is 24.3 Å². The van der Waals surface area contributed by atoms with Crippen molar-refractivity contribution in [3.63, 3.8) is 0 Å². The minimum atomic E-state index is -4.72. The smallest absolute Gasteiger partial charge is 0.419 e. The van der Waals surface area contributed by atoms with Crippen molar-refractivity contribution in [1.82, 2.24) is 0 Å². The maximum absolute atomic E-state index is 13.4. The van der Waals surface area contributed by atoms with Crippen LogP contribution < -0.4 is 4.74 Å². The number of benzene rings is 2. The van der Waals surface area contributed by atoms with E-state index in [9.17, 15) is 26.7 Å². The number of rotatable bonds is 2. The minimum Gasteiger partial charge on any atom is -0.422 e. The van der Waals surface area contributed by atoms with Crippen LogP contribution in [0, 0.1) is 11.6 Å². The SMILES string of the molecule is O=C(Oc1ccccc1C(F)(F)F)c1ccc(F)cc1F. The van der Waals surface area contributed by atoms with Crippen LogP contribution in [0.4, 0.5) is 22.0 Å². The highest BCUT2D eigenvalue weighted by molar-refractivity contribution is 5.91. The van der Waals surface area contributed by atoms with Crippen molar-refractivity contribution in [2.24, 2.45) is 0 Å². The molecule has 2 nitrogen and oxygen atoms in total. The van der Waals surface area contributed by atoms with Crippen molar-refractivity contribution >= 4 is 5.97 Å². The maximum Gasteiger partial charge on any atom is 0.419 e. The van der Waals surface area contributed by atoms with Crippen LogP contribution in [-0.2, 0) is 6.18 Å². The fourth-order valence-electron chi connectivity index (χ4n) is 1.60. The van der Waals surface area contributed by atoms with Crippen LogP contribution in [0.15, 0.2) is 42.5 Å². The van der Waals surface area contributed by atoms with E-state index in [1.165, 1.54) is 6.07 Å². The summed E-state index contributed by atoms with van der Waals surface area (Å²) >= 11 is 0. The van der Waals surface area contributed by atoms with Crippen molar-refractivity contribution in [3.8, 4) is 5.75 Å². The first-order valence-electron chi connectivity index (χ1n) is 5.62. The van der Waals surface area contributed by atoms with Crippen LogP contribution >= 0.6 is 0 Å². The molecule has 7 heteroatoms. The molecule has 0 spiro atoms. The minimum absolute atomic E-state index is 0.437. The number of alkyl halides is 3. The van der Waals surface area contributed by atoms with Crippen molar-refractivity contribution in [3.05, 3.63) is 65.2 Å². The first-order chi connectivity index (χ1) is 9.79. The Bertz CT molecular complexity index is 679. The van der Waals surface area contributed by atoms with Crippen LogP contribution in [0.5, 0.6) is 5.75 Å². The summed E-state index contributed by atoms with van der Waals surface area (Å²) in [6.07, 6.45) is -4.72. The van der Waals surface area contributed by atoms with E-state index in [1.807, 2.05) is 0 Å². The van der Waals surface area contributed by atoms with E-state index >= 15 is 0 Å². The van der Waals surface area contributed by atoms with E-state index < -0.39 is 40.7 Å². The number of esters is 1. The number of hydrogen-bond acceptors (Lipinski definition) is 2. The van der Waals surface area contributed by atoms with E-state index in [1.54, 1.807) is 0 Å². The molecule has 2 aromatic carbocycles. The van der Waals surface area contributed by atoms with E-state index in [0.29, 0.717) is 6.07 Å². The molecule has 0 unspecified atom stereocenters. The van der Waals surface area contributed by atoms with Crippen LogP contribution in [0.25, 0.3) is 0 Å². The van der Waals surface area contributed by atoms with Crippen LogP contribution in [0.1, 0.15) is 15.9 Å². The van der Waals surface area contributed by atoms with Gasteiger partial charge < -0.3 is 4.74 Å². The van der Waals surface area contributed by atoms with Gasteiger partial charge >= 0.3 is 12.1 Å². The topological polar surface area (TPSA) is 26.3 Å². The lowest BCUT2D eigenvalue weighted by molar-refractivity contribution is -0.138. The third kappa shape index (κ3) is 3.36. The van der Waals surface area contributed by atoms with E-state index in [0.717, 1.165) is 30.3 Å². The quantitative estimate of drug-likeness (QED) is 0.472. The molecule has 2 aromatic rings. The van der Waals surface area contributed by atoms with Gasteiger partial charge in [-0.3, -0.25) is 0 Å². The lowest BCUT2D eigenvalue weighted by Gasteiger charge is -2.12. The average Bonchev–Trinajstić information content (AvgIpc) is 2.37. The Kier molecular flexibility index (Phi) is 3.93. The van der Waals surface area contributed by atoms with Crippen molar-refractivity contribution in [1.29, 1.82) is 0 Å². The summed E-state index contributed by atoms with van der Waals surface area (Å²) in [4.78, 5) is 11.7. The Morgan fingerprint density at radius 3 is 2.29 bits per heavy atom. The second kappa shape index (κ2) is 5.51. The zero-order chi connectivity index (χ0) is 15.6. The molecule has 0 saturated heterocycles. The summed E-state index contributed by atoms with van der Waals surface area (Å²) in [6, 6.07) is 6.05. The van der Waals surface area contributed by atoms with Gasteiger partial charge in [0.2, 0.25) is 0 Å². The third-order valence-corrected chi connectivity index (χ3v) is 2.55. The second-order valence-electron chi connectivity index (χ2n) is 4.01. The highest BCUT2D eigenvalue weighted by Crippen LogP contribution is 2.36. The monoisotopic (exact) mass is 302 g/mol. The van der Waals surface area contributed by atoms with Gasteiger partial charge in [-0.25, -0.2) is 13.6 Å². The highest BCUT2D eigenvalue weighted by Gasteiger charge is 2.34.